The number of halogens is 1. The fraction of sp³-hybridized carbons (Fsp3) is 0.111. The maximum Gasteiger partial charge on any atom is 0.197 e. The maximum atomic E-state index is 13.4. The minimum Gasteiger partial charge on any atom is -0.370 e. The van der Waals surface area contributed by atoms with Gasteiger partial charge in [0.1, 0.15) is 5.82 Å². The Balaban J connectivity index is 2.36. The molecular formula is C9H9FN4S. The number of benzene rings is 1. The van der Waals surface area contributed by atoms with Crippen molar-refractivity contribution >= 4 is 23.3 Å². The molecule has 2 rings (SSSR count). The van der Waals surface area contributed by atoms with E-state index in [1.54, 1.807) is 18.2 Å². The van der Waals surface area contributed by atoms with Crippen LogP contribution in [0.1, 0.15) is 11.7 Å². The van der Waals surface area contributed by atoms with Gasteiger partial charge in [-0.1, -0.05) is 18.2 Å². The van der Waals surface area contributed by atoms with Crippen molar-refractivity contribution in [3.63, 3.8) is 0 Å². The van der Waals surface area contributed by atoms with Gasteiger partial charge in [-0.05, 0) is 18.3 Å². The van der Waals surface area contributed by atoms with Crippen molar-refractivity contribution in [2.75, 3.05) is 0 Å². The first-order chi connectivity index (χ1) is 7.16. The van der Waals surface area contributed by atoms with Crippen LogP contribution in [0.4, 0.5) is 4.39 Å². The Morgan fingerprint density at radius 1 is 1.40 bits per heavy atom. The summed E-state index contributed by atoms with van der Waals surface area (Å²) in [6.07, 6.45) is -0.556. The summed E-state index contributed by atoms with van der Waals surface area (Å²) >= 11 is 4.90. The van der Waals surface area contributed by atoms with Gasteiger partial charge in [-0.3, -0.25) is 0 Å². The van der Waals surface area contributed by atoms with E-state index in [9.17, 15) is 4.39 Å². The van der Waals surface area contributed by atoms with Gasteiger partial charge in [0.2, 0.25) is 0 Å². The second-order valence-corrected chi connectivity index (χ2v) is 3.45. The van der Waals surface area contributed by atoms with E-state index in [1.807, 2.05) is 0 Å². The predicted molar refractivity (Wildman–Crippen MR) is 59.6 cm³/mol. The Bertz CT molecular complexity index is 432. The molecule has 1 atom stereocenters. The highest BCUT2D eigenvalue weighted by Crippen LogP contribution is 2.18. The van der Waals surface area contributed by atoms with Crippen LogP contribution in [0.3, 0.4) is 0 Å². The summed E-state index contributed by atoms with van der Waals surface area (Å²) in [7, 11) is 0. The van der Waals surface area contributed by atoms with E-state index in [1.165, 1.54) is 6.07 Å². The van der Waals surface area contributed by atoms with E-state index in [0.29, 0.717) is 10.7 Å². The highest BCUT2D eigenvalue weighted by Gasteiger charge is 2.19. The largest absolute Gasteiger partial charge is 0.370 e. The first-order valence-electron chi connectivity index (χ1n) is 4.32. The molecule has 0 aromatic heterocycles. The van der Waals surface area contributed by atoms with Gasteiger partial charge in [0.25, 0.3) is 0 Å². The van der Waals surface area contributed by atoms with Crippen molar-refractivity contribution in [2.45, 2.75) is 6.17 Å². The third-order valence-electron chi connectivity index (χ3n) is 1.98. The number of nitrogens with zero attached hydrogens (tertiary/aromatic N) is 1. The number of nitrogens with one attached hydrogen (secondary N) is 2. The number of nitrogens with two attached hydrogens (primary N) is 1. The standard InChI is InChI=1S/C9H9FN4S/c10-6-4-2-1-3-5(6)7-12-8(11)14-9(15)13-7/h1-4,7H,(H4,11,12,13,14,15)/t7-/m0/s1. The second kappa shape index (κ2) is 3.82. The molecule has 4 nitrogen and oxygen atoms in total. The molecule has 1 aromatic rings. The average molecular weight is 224 g/mol. The van der Waals surface area contributed by atoms with Gasteiger partial charge >= 0.3 is 0 Å². The first kappa shape index (κ1) is 9.85. The average Bonchev–Trinajstić information content (AvgIpc) is 2.16. The smallest absolute Gasteiger partial charge is 0.197 e. The number of guanidine groups is 1. The van der Waals surface area contributed by atoms with E-state index >= 15 is 0 Å². The highest BCUT2D eigenvalue weighted by molar-refractivity contribution is 7.80. The Morgan fingerprint density at radius 2 is 2.13 bits per heavy atom. The molecule has 6 heteroatoms. The molecule has 1 aliphatic heterocycles. The van der Waals surface area contributed by atoms with Crippen molar-refractivity contribution in [3.8, 4) is 0 Å². The number of hydrogen-bond acceptors (Lipinski definition) is 3. The van der Waals surface area contributed by atoms with Gasteiger partial charge in [-0.15, -0.1) is 0 Å². The Morgan fingerprint density at radius 3 is 2.80 bits per heavy atom. The lowest BCUT2D eigenvalue weighted by atomic mass is 10.1. The van der Waals surface area contributed by atoms with E-state index in [4.69, 9.17) is 18.0 Å². The molecule has 0 unspecified atom stereocenters. The lowest BCUT2D eigenvalue weighted by molar-refractivity contribution is 0.564. The van der Waals surface area contributed by atoms with Gasteiger partial charge in [0.05, 0.1) is 0 Å². The minimum absolute atomic E-state index is 0.187. The quantitative estimate of drug-likeness (QED) is 0.612. The molecule has 1 aliphatic rings. The molecule has 1 heterocycles. The summed E-state index contributed by atoms with van der Waals surface area (Å²) in [6, 6.07) is 6.35. The van der Waals surface area contributed by atoms with Crippen LogP contribution in [0.5, 0.6) is 0 Å². The molecule has 0 saturated heterocycles. The monoisotopic (exact) mass is 224 g/mol. The van der Waals surface area contributed by atoms with Crippen molar-refractivity contribution < 1.29 is 4.39 Å². The normalized spacial score (nSPS) is 20.2. The SMILES string of the molecule is NC1=N[C@H](c2ccccc2F)NC(=S)N1. The Kier molecular flexibility index (Phi) is 2.51. The summed E-state index contributed by atoms with van der Waals surface area (Å²) in [4.78, 5) is 4.01. The van der Waals surface area contributed by atoms with Crippen LogP contribution in [0.25, 0.3) is 0 Å². The lowest BCUT2D eigenvalue weighted by Crippen LogP contribution is -2.49. The number of hydrogen-bond donors (Lipinski definition) is 3. The van der Waals surface area contributed by atoms with Crippen LogP contribution in [0.15, 0.2) is 29.3 Å². The minimum atomic E-state index is -0.556. The third-order valence-corrected chi connectivity index (χ3v) is 2.20. The van der Waals surface area contributed by atoms with Gasteiger partial charge in [0.15, 0.2) is 17.2 Å². The molecule has 78 valence electrons. The zero-order valence-electron chi connectivity index (χ0n) is 7.70. The molecule has 15 heavy (non-hydrogen) atoms. The van der Waals surface area contributed by atoms with Crippen LogP contribution < -0.4 is 16.4 Å². The summed E-state index contributed by atoms with van der Waals surface area (Å²) in [5.74, 6) is -0.150. The molecule has 0 bridgehead atoms. The molecular weight excluding hydrogens is 215 g/mol. The van der Waals surface area contributed by atoms with Crippen LogP contribution >= 0.6 is 12.2 Å². The van der Waals surface area contributed by atoms with Crippen molar-refractivity contribution in [1.82, 2.24) is 10.6 Å². The van der Waals surface area contributed by atoms with Crippen LogP contribution in [-0.4, -0.2) is 11.1 Å². The number of aliphatic imine (C=N–C) groups is 1. The van der Waals surface area contributed by atoms with E-state index in [-0.39, 0.29) is 11.8 Å². The van der Waals surface area contributed by atoms with Crippen molar-refractivity contribution in [1.29, 1.82) is 0 Å². The highest BCUT2D eigenvalue weighted by atomic mass is 32.1. The predicted octanol–water partition coefficient (Wildman–Crippen LogP) is 0.617. The summed E-state index contributed by atoms with van der Waals surface area (Å²) in [5.41, 5.74) is 5.91. The number of rotatable bonds is 1. The molecule has 0 spiro atoms. The van der Waals surface area contributed by atoms with E-state index in [2.05, 4.69) is 15.6 Å². The van der Waals surface area contributed by atoms with Crippen LogP contribution in [0.2, 0.25) is 0 Å². The number of thiocarbonyl (C=S) groups is 1. The molecule has 0 radical (unpaired) electrons. The fourth-order valence-electron chi connectivity index (χ4n) is 1.32. The zero-order chi connectivity index (χ0) is 10.8. The molecule has 0 saturated carbocycles. The zero-order valence-corrected chi connectivity index (χ0v) is 8.51. The van der Waals surface area contributed by atoms with Crippen LogP contribution in [-0.2, 0) is 0 Å². The molecule has 4 N–H and O–H groups in total. The Labute approximate surface area is 91.4 Å². The topological polar surface area (TPSA) is 62.4 Å². The first-order valence-corrected chi connectivity index (χ1v) is 4.73. The van der Waals surface area contributed by atoms with Crippen molar-refractivity contribution in [2.24, 2.45) is 10.7 Å². The van der Waals surface area contributed by atoms with Crippen molar-refractivity contribution in [3.05, 3.63) is 35.6 Å². The van der Waals surface area contributed by atoms with E-state index < -0.39 is 6.17 Å². The van der Waals surface area contributed by atoms with Gasteiger partial charge < -0.3 is 16.4 Å². The van der Waals surface area contributed by atoms with Gasteiger partial charge in [-0.25, -0.2) is 9.38 Å². The lowest BCUT2D eigenvalue weighted by Gasteiger charge is -2.23. The molecule has 0 amide bonds. The molecule has 1 aromatic carbocycles. The fourth-order valence-corrected chi connectivity index (χ4v) is 1.54. The molecule has 0 aliphatic carbocycles. The summed E-state index contributed by atoms with van der Waals surface area (Å²) < 4.78 is 13.4. The van der Waals surface area contributed by atoms with Gasteiger partial charge in [-0.2, -0.15) is 0 Å². The maximum absolute atomic E-state index is 13.4. The third kappa shape index (κ3) is 2.04. The molecule has 0 fully saturated rings. The summed E-state index contributed by atoms with van der Waals surface area (Å²) in [5, 5.41) is 5.78. The Hall–Kier alpha value is -1.69. The summed E-state index contributed by atoms with van der Waals surface area (Å²) in [6.45, 7) is 0. The van der Waals surface area contributed by atoms with Gasteiger partial charge in [0, 0.05) is 5.56 Å². The van der Waals surface area contributed by atoms with Crippen LogP contribution in [0, 0.1) is 5.82 Å². The second-order valence-electron chi connectivity index (χ2n) is 3.04. The van der Waals surface area contributed by atoms with E-state index in [0.717, 1.165) is 0 Å².